The van der Waals surface area contributed by atoms with Crippen molar-refractivity contribution < 1.29 is 22.7 Å². The van der Waals surface area contributed by atoms with Crippen molar-refractivity contribution >= 4 is 33.1 Å². The maximum Gasteiger partial charge on any atom is 0.573 e. The monoisotopic (exact) mass is 381 g/mol. The van der Waals surface area contributed by atoms with Crippen molar-refractivity contribution in [1.29, 1.82) is 0 Å². The minimum atomic E-state index is -4.85. The number of hydrogen-bond acceptors (Lipinski definition) is 5. The van der Waals surface area contributed by atoms with Gasteiger partial charge in [-0.05, 0) is 38.5 Å². The van der Waals surface area contributed by atoms with E-state index >= 15 is 0 Å². The highest BCUT2D eigenvalue weighted by molar-refractivity contribution is 7.20. The summed E-state index contributed by atoms with van der Waals surface area (Å²) in [5.41, 5.74) is 1.38. The molecular formula is C17H14F3N3O2S. The lowest BCUT2D eigenvalue weighted by molar-refractivity contribution is -0.274. The molecule has 0 saturated carbocycles. The van der Waals surface area contributed by atoms with Crippen molar-refractivity contribution in [1.82, 2.24) is 9.97 Å². The van der Waals surface area contributed by atoms with Gasteiger partial charge in [0.1, 0.15) is 10.7 Å². The highest BCUT2D eigenvalue weighted by Gasteiger charge is 2.32. The summed E-state index contributed by atoms with van der Waals surface area (Å²) in [6.45, 7) is 5.34. The number of aryl methyl sites for hydroxylation is 3. The third-order valence-electron chi connectivity index (χ3n) is 3.65. The minimum absolute atomic E-state index is 0.0642. The van der Waals surface area contributed by atoms with Gasteiger partial charge in [-0.2, -0.15) is 0 Å². The van der Waals surface area contributed by atoms with E-state index in [9.17, 15) is 18.0 Å². The molecule has 9 heteroatoms. The van der Waals surface area contributed by atoms with Crippen LogP contribution in [0.4, 0.5) is 18.9 Å². The lowest BCUT2D eigenvalue weighted by Gasteiger charge is -2.13. The second kappa shape index (κ2) is 6.56. The third kappa shape index (κ3) is 3.62. The van der Waals surface area contributed by atoms with E-state index in [1.54, 1.807) is 13.8 Å². The Bertz CT molecular complexity index is 999. The SMILES string of the molecule is Cc1nc(C)c2c(C)c(C(=O)Nc3ccccc3OC(F)(F)F)sc2n1. The van der Waals surface area contributed by atoms with Crippen LogP contribution in [0.2, 0.25) is 0 Å². The zero-order valence-electron chi connectivity index (χ0n) is 14.1. The number of rotatable bonds is 3. The van der Waals surface area contributed by atoms with Gasteiger partial charge in [-0.15, -0.1) is 24.5 Å². The van der Waals surface area contributed by atoms with Crippen LogP contribution in [0.3, 0.4) is 0 Å². The summed E-state index contributed by atoms with van der Waals surface area (Å²) >= 11 is 1.17. The summed E-state index contributed by atoms with van der Waals surface area (Å²) in [5, 5.41) is 3.27. The number of ether oxygens (including phenoxy) is 1. The molecular weight excluding hydrogens is 367 g/mol. The van der Waals surface area contributed by atoms with Crippen LogP contribution in [-0.4, -0.2) is 22.2 Å². The average molecular weight is 381 g/mol. The second-order valence-corrected chi connectivity index (χ2v) is 6.59. The molecule has 1 aromatic carbocycles. The zero-order valence-corrected chi connectivity index (χ0v) is 14.9. The highest BCUT2D eigenvalue weighted by atomic mass is 32.1. The first kappa shape index (κ1) is 18.1. The van der Waals surface area contributed by atoms with Crippen molar-refractivity contribution in [3.8, 4) is 5.75 Å². The molecule has 2 heterocycles. The number of halogens is 3. The minimum Gasteiger partial charge on any atom is -0.404 e. The quantitative estimate of drug-likeness (QED) is 0.710. The molecule has 0 fully saturated rings. The Kier molecular flexibility index (Phi) is 4.57. The molecule has 0 aliphatic rings. The number of amides is 1. The first-order valence-electron chi connectivity index (χ1n) is 7.56. The molecule has 0 saturated heterocycles. The molecule has 0 radical (unpaired) electrons. The molecule has 0 atom stereocenters. The van der Waals surface area contributed by atoms with E-state index in [0.717, 1.165) is 17.1 Å². The number of carbonyl (C=O) groups excluding carboxylic acids is 1. The molecule has 5 nitrogen and oxygen atoms in total. The normalized spacial score (nSPS) is 11.6. The summed E-state index contributed by atoms with van der Waals surface area (Å²) in [7, 11) is 0. The maximum absolute atomic E-state index is 12.6. The molecule has 1 N–H and O–H groups in total. The fraction of sp³-hybridized carbons (Fsp3) is 0.235. The van der Waals surface area contributed by atoms with Crippen molar-refractivity contribution in [2.75, 3.05) is 5.32 Å². The molecule has 1 amide bonds. The summed E-state index contributed by atoms with van der Waals surface area (Å²) in [6, 6.07) is 5.38. The van der Waals surface area contributed by atoms with Gasteiger partial charge < -0.3 is 10.1 Å². The Morgan fingerprint density at radius 2 is 1.85 bits per heavy atom. The zero-order chi connectivity index (χ0) is 19.1. The van der Waals surface area contributed by atoms with Gasteiger partial charge in [0.25, 0.3) is 5.91 Å². The number of nitrogens with zero attached hydrogens (tertiary/aromatic N) is 2. The third-order valence-corrected chi connectivity index (χ3v) is 4.83. The number of thiophene rings is 1. The predicted octanol–water partition coefficient (Wildman–Crippen LogP) is 4.77. The molecule has 2 aromatic heterocycles. The van der Waals surface area contributed by atoms with Crippen LogP contribution < -0.4 is 10.1 Å². The van der Waals surface area contributed by atoms with Crippen LogP contribution in [0.1, 0.15) is 26.8 Å². The van der Waals surface area contributed by atoms with Gasteiger partial charge >= 0.3 is 6.36 Å². The van der Waals surface area contributed by atoms with E-state index < -0.39 is 18.0 Å². The van der Waals surface area contributed by atoms with E-state index in [-0.39, 0.29) is 5.69 Å². The number of anilines is 1. The molecule has 0 spiro atoms. The van der Waals surface area contributed by atoms with Gasteiger partial charge in [-0.1, -0.05) is 12.1 Å². The molecule has 26 heavy (non-hydrogen) atoms. The van der Waals surface area contributed by atoms with E-state index in [0.29, 0.717) is 21.1 Å². The molecule has 0 aliphatic carbocycles. The number of fused-ring (bicyclic) bond motifs is 1. The van der Waals surface area contributed by atoms with Crippen LogP contribution in [0.15, 0.2) is 24.3 Å². The van der Waals surface area contributed by atoms with Crippen LogP contribution in [0.25, 0.3) is 10.2 Å². The van der Waals surface area contributed by atoms with Crippen LogP contribution in [0, 0.1) is 20.8 Å². The molecule has 0 unspecified atom stereocenters. The Labute approximate surface area is 150 Å². The molecule has 136 valence electrons. The summed E-state index contributed by atoms with van der Waals surface area (Å²) < 4.78 is 41.5. The standard InChI is InChI=1S/C17H14F3N3O2S/c1-8-13-9(2)21-10(3)22-16(13)26-14(8)15(24)23-11-6-4-5-7-12(11)25-17(18,19)20/h4-7H,1-3H3,(H,23,24). The van der Waals surface area contributed by atoms with Gasteiger partial charge in [0.05, 0.1) is 10.6 Å². The first-order valence-corrected chi connectivity index (χ1v) is 8.38. The van der Waals surface area contributed by atoms with E-state index in [1.807, 2.05) is 6.92 Å². The topological polar surface area (TPSA) is 64.1 Å². The number of benzene rings is 1. The van der Waals surface area contributed by atoms with Gasteiger partial charge in [-0.25, -0.2) is 9.97 Å². The van der Waals surface area contributed by atoms with Gasteiger partial charge in [0.2, 0.25) is 0 Å². The second-order valence-electron chi connectivity index (χ2n) is 5.59. The summed E-state index contributed by atoms with van der Waals surface area (Å²) in [6.07, 6.45) is -4.85. The number of carbonyl (C=O) groups is 1. The first-order chi connectivity index (χ1) is 12.2. The van der Waals surface area contributed by atoms with Crippen molar-refractivity contribution in [3.05, 3.63) is 46.2 Å². The number of nitrogens with one attached hydrogen (secondary N) is 1. The number of aromatic nitrogens is 2. The highest BCUT2D eigenvalue weighted by Crippen LogP contribution is 2.34. The molecule has 3 rings (SSSR count). The fourth-order valence-corrected chi connectivity index (χ4v) is 3.83. The Hall–Kier alpha value is -2.68. The van der Waals surface area contributed by atoms with Crippen LogP contribution >= 0.6 is 11.3 Å². The lowest BCUT2D eigenvalue weighted by atomic mass is 10.1. The van der Waals surface area contributed by atoms with E-state index in [4.69, 9.17) is 0 Å². The lowest BCUT2D eigenvalue weighted by Crippen LogP contribution is -2.19. The molecule has 0 bridgehead atoms. The predicted molar refractivity (Wildman–Crippen MR) is 92.7 cm³/mol. The largest absolute Gasteiger partial charge is 0.573 e. The van der Waals surface area contributed by atoms with Gasteiger partial charge in [-0.3, -0.25) is 4.79 Å². The maximum atomic E-state index is 12.6. The van der Waals surface area contributed by atoms with Gasteiger partial charge in [0, 0.05) is 11.1 Å². The fourth-order valence-electron chi connectivity index (χ4n) is 2.65. The Balaban J connectivity index is 1.96. The summed E-state index contributed by atoms with van der Waals surface area (Å²) in [4.78, 5) is 22.3. The molecule has 3 aromatic rings. The van der Waals surface area contributed by atoms with Crippen LogP contribution in [0.5, 0.6) is 5.75 Å². The number of hydrogen-bond donors (Lipinski definition) is 1. The van der Waals surface area contributed by atoms with Crippen LogP contribution in [-0.2, 0) is 0 Å². The van der Waals surface area contributed by atoms with E-state index in [2.05, 4.69) is 20.0 Å². The smallest absolute Gasteiger partial charge is 0.404 e. The molecule has 0 aliphatic heterocycles. The number of para-hydroxylation sites is 2. The van der Waals surface area contributed by atoms with Crippen molar-refractivity contribution in [2.45, 2.75) is 27.1 Å². The van der Waals surface area contributed by atoms with Gasteiger partial charge in [0.15, 0.2) is 5.75 Å². The number of alkyl halides is 3. The Morgan fingerprint density at radius 1 is 1.15 bits per heavy atom. The average Bonchev–Trinajstić information content (AvgIpc) is 2.84. The van der Waals surface area contributed by atoms with Crippen molar-refractivity contribution in [2.24, 2.45) is 0 Å². The van der Waals surface area contributed by atoms with Crippen molar-refractivity contribution in [3.63, 3.8) is 0 Å². The van der Waals surface area contributed by atoms with E-state index in [1.165, 1.54) is 29.5 Å². The Morgan fingerprint density at radius 3 is 2.54 bits per heavy atom. The summed E-state index contributed by atoms with van der Waals surface area (Å²) in [5.74, 6) is -0.410.